The van der Waals surface area contributed by atoms with Crippen LogP contribution in [-0.2, 0) is 0 Å². The first-order chi connectivity index (χ1) is 7.54. The van der Waals surface area contributed by atoms with E-state index < -0.39 is 0 Å². The third kappa shape index (κ3) is 3.52. The molecule has 86 valence electrons. The second-order valence-electron chi connectivity index (χ2n) is 2.77. The van der Waals surface area contributed by atoms with Crippen LogP contribution in [-0.4, -0.2) is 23.5 Å². The van der Waals surface area contributed by atoms with Gasteiger partial charge in [0.2, 0.25) is 0 Å². The molecule has 0 atom stereocenters. The molecule has 16 heavy (non-hydrogen) atoms. The maximum atomic E-state index is 9.59. The van der Waals surface area contributed by atoms with E-state index in [1.54, 1.807) is 7.05 Å². The zero-order valence-corrected chi connectivity index (χ0v) is 10.6. The van der Waals surface area contributed by atoms with Crippen LogP contribution in [0.3, 0.4) is 0 Å². The Morgan fingerprint density at radius 3 is 2.81 bits per heavy atom. The van der Waals surface area contributed by atoms with Crippen molar-refractivity contribution in [2.24, 2.45) is 5.10 Å². The first-order valence-corrected chi connectivity index (χ1v) is 5.40. The Hall–Kier alpha value is -1.04. The van der Waals surface area contributed by atoms with Crippen molar-refractivity contribution < 1.29 is 5.11 Å². The molecule has 0 fully saturated rings. The van der Waals surface area contributed by atoms with Crippen LogP contribution in [0.25, 0.3) is 0 Å². The van der Waals surface area contributed by atoms with Crippen molar-refractivity contribution in [3.63, 3.8) is 0 Å². The predicted octanol–water partition coefficient (Wildman–Crippen LogP) is 2.13. The zero-order chi connectivity index (χ0) is 12.1. The molecule has 0 aliphatic rings. The van der Waals surface area contributed by atoms with Crippen molar-refractivity contribution in [2.45, 2.75) is 0 Å². The Balaban J connectivity index is 2.85. The van der Waals surface area contributed by atoms with Gasteiger partial charge >= 0.3 is 0 Å². The average Bonchev–Trinajstić information content (AvgIpc) is 2.24. The van der Waals surface area contributed by atoms with Crippen molar-refractivity contribution in [1.29, 1.82) is 0 Å². The third-order valence-corrected chi connectivity index (χ3v) is 2.46. The van der Waals surface area contributed by atoms with Gasteiger partial charge in [0.25, 0.3) is 0 Å². The Kier molecular flexibility index (Phi) is 4.79. The molecular formula is C9H9Cl2N3OS. The molecule has 0 spiro atoms. The highest BCUT2D eigenvalue weighted by molar-refractivity contribution is 7.80. The largest absolute Gasteiger partial charge is 0.506 e. The molecule has 7 heteroatoms. The Morgan fingerprint density at radius 2 is 2.19 bits per heavy atom. The highest BCUT2D eigenvalue weighted by Gasteiger charge is 2.05. The number of nitrogens with one attached hydrogen (secondary N) is 2. The number of aromatic hydroxyl groups is 1. The number of phenols is 1. The lowest BCUT2D eigenvalue weighted by Crippen LogP contribution is -2.28. The lowest BCUT2D eigenvalue weighted by Gasteiger charge is -2.03. The van der Waals surface area contributed by atoms with Crippen LogP contribution in [0.1, 0.15) is 5.56 Å². The number of benzene rings is 1. The van der Waals surface area contributed by atoms with E-state index in [1.807, 2.05) is 0 Å². The third-order valence-electron chi connectivity index (χ3n) is 1.65. The van der Waals surface area contributed by atoms with Crippen LogP contribution in [0.4, 0.5) is 0 Å². The van der Waals surface area contributed by atoms with E-state index in [0.29, 0.717) is 15.7 Å². The molecule has 0 saturated carbocycles. The standard InChI is InChI=1S/C9H9Cl2N3OS/c1-12-9(16)14-13-4-5-2-6(10)3-7(11)8(5)15/h2-4,15H,1H3,(H2,12,14,16). The number of nitrogens with zero attached hydrogens (tertiary/aromatic N) is 1. The second-order valence-corrected chi connectivity index (χ2v) is 4.03. The Labute approximate surface area is 108 Å². The summed E-state index contributed by atoms with van der Waals surface area (Å²) in [4.78, 5) is 0. The minimum Gasteiger partial charge on any atom is -0.506 e. The summed E-state index contributed by atoms with van der Waals surface area (Å²) in [5.74, 6) is -0.0769. The minimum absolute atomic E-state index is 0.0769. The van der Waals surface area contributed by atoms with E-state index in [4.69, 9.17) is 35.4 Å². The van der Waals surface area contributed by atoms with Gasteiger partial charge in [0.05, 0.1) is 11.2 Å². The fourth-order valence-corrected chi connectivity index (χ4v) is 1.46. The maximum Gasteiger partial charge on any atom is 0.186 e. The topological polar surface area (TPSA) is 56.7 Å². The number of phenolic OH excluding ortho intramolecular Hbond substituents is 1. The summed E-state index contributed by atoms with van der Waals surface area (Å²) in [6.07, 6.45) is 1.37. The second kappa shape index (κ2) is 5.89. The Morgan fingerprint density at radius 1 is 1.50 bits per heavy atom. The van der Waals surface area contributed by atoms with Gasteiger partial charge in [-0.05, 0) is 24.4 Å². The van der Waals surface area contributed by atoms with Gasteiger partial charge in [-0.2, -0.15) is 5.10 Å². The van der Waals surface area contributed by atoms with E-state index in [-0.39, 0.29) is 10.8 Å². The van der Waals surface area contributed by atoms with Crippen LogP contribution in [0.2, 0.25) is 10.0 Å². The number of halogens is 2. The molecular weight excluding hydrogens is 269 g/mol. The molecule has 1 rings (SSSR count). The van der Waals surface area contributed by atoms with Crippen LogP contribution in [0.5, 0.6) is 5.75 Å². The number of hydrogen-bond donors (Lipinski definition) is 3. The summed E-state index contributed by atoms with van der Waals surface area (Å²) in [5, 5.41) is 17.0. The number of hydrogen-bond acceptors (Lipinski definition) is 3. The summed E-state index contributed by atoms with van der Waals surface area (Å²) in [5.41, 5.74) is 2.95. The summed E-state index contributed by atoms with van der Waals surface area (Å²) in [7, 11) is 1.67. The van der Waals surface area contributed by atoms with Gasteiger partial charge in [0.15, 0.2) is 5.11 Å². The van der Waals surface area contributed by atoms with Crippen molar-refractivity contribution in [2.75, 3.05) is 7.05 Å². The molecule has 4 nitrogen and oxygen atoms in total. The normalized spacial score (nSPS) is 10.4. The van der Waals surface area contributed by atoms with E-state index >= 15 is 0 Å². The van der Waals surface area contributed by atoms with Gasteiger partial charge in [0.1, 0.15) is 5.75 Å². The van der Waals surface area contributed by atoms with E-state index in [1.165, 1.54) is 18.3 Å². The SMILES string of the molecule is CNC(=S)NN=Cc1cc(Cl)cc(Cl)c1O. The maximum absolute atomic E-state index is 9.59. The molecule has 0 saturated heterocycles. The van der Waals surface area contributed by atoms with Gasteiger partial charge in [-0.25, -0.2) is 0 Å². The molecule has 0 heterocycles. The lowest BCUT2D eigenvalue weighted by molar-refractivity contribution is 0.474. The zero-order valence-electron chi connectivity index (χ0n) is 8.29. The number of thiocarbonyl (C=S) groups is 1. The van der Waals surface area contributed by atoms with E-state index in [9.17, 15) is 5.11 Å². The molecule has 0 radical (unpaired) electrons. The summed E-state index contributed by atoms with van der Waals surface area (Å²) in [6, 6.07) is 2.98. The molecule has 0 aliphatic heterocycles. The molecule has 0 aromatic heterocycles. The van der Waals surface area contributed by atoms with Crippen LogP contribution in [0.15, 0.2) is 17.2 Å². The summed E-state index contributed by atoms with van der Waals surface area (Å²) in [6.45, 7) is 0. The molecule has 0 bridgehead atoms. The van der Waals surface area contributed by atoms with E-state index in [0.717, 1.165) is 0 Å². The Bertz CT molecular complexity index is 437. The number of hydrazone groups is 1. The fraction of sp³-hybridized carbons (Fsp3) is 0.111. The van der Waals surface area contributed by atoms with E-state index in [2.05, 4.69) is 15.8 Å². The molecule has 0 aliphatic carbocycles. The first-order valence-electron chi connectivity index (χ1n) is 4.23. The number of rotatable bonds is 2. The smallest absolute Gasteiger partial charge is 0.186 e. The van der Waals surface area contributed by atoms with Crippen molar-refractivity contribution >= 4 is 46.7 Å². The molecule has 3 N–H and O–H groups in total. The molecule has 0 amide bonds. The van der Waals surface area contributed by atoms with Crippen LogP contribution >= 0.6 is 35.4 Å². The monoisotopic (exact) mass is 277 g/mol. The van der Waals surface area contributed by atoms with Gasteiger partial charge in [-0.3, -0.25) is 5.43 Å². The highest BCUT2D eigenvalue weighted by Crippen LogP contribution is 2.29. The fourth-order valence-electron chi connectivity index (χ4n) is 0.901. The first kappa shape index (κ1) is 13.0. The van der Waals surface area contributed by atoms with Gasteiger partial charge in [0, 0.05) is 17.6 Å². The lowest BCUT2D eigenvalue weighted by atomic mass is 10.2. The van der Waals surface area contributed by atoms with Gasteiger partial charge in [-0.1, -0.05) is 23.2 Å². The average molecular weight is 278 g/mol. The predicted molar refractivity (Wildman–Crippen MR) is 70.5 cm³/mol. The summed E-state index contributed by atoms with van der Waals surface area (Å²) < 4.78 is 0. The van der Waals surface area contributed by atoms with Crippen molar-refractivity contribution in [3.05, 3.63) is 27.7 Å². The molecule has 1 aromatic carbocycles. The van der Waals surface area contributed by atoms with Crippen LogP contribution < -0.4 is 10.7 Å². The van der Waals surface area contributed by atoms with Gasteiger partial charge < -0.3 is 10.4 Å². The van der Waals surface area contributed by atoms with Crippen LogP contribution in [0, 0.1) is 0 Å². The van der Waals surface area contributed by atoms with Crippen molar-refractivity contribution in [1.82, 2.24) is 10.7 Å². The minimum atomic E-state index is -0.0769. The van der Waals surface area contributed by atoms with Gasteiger partial charge in [-0.15, -0.1) is 0 Å². The quantitative estimate of drug-likeness (QED) is 0.440. The van der Waals surface area contributed by atoms with Crippen molar-refractivity contribution in [3.8, 4) is 5.75 Å². The summed E-state index contributed by atoms with van der Waals surface area (Å²) >= 11 is 16.3. The highest BCUT2D eigenvalue weighted by atomic mass is 35.5. The molecule has 0 unspecified atom stereocenters. The molecule has 1 aromatic rings.